The molecule has 2 aromatic rings. The number of piperidine rings is 1. The second-order valence-corrected chi connectivity index (χ2v) is 6.22. The summed E-state index contributed by atoms with van der Waals surface area (Å²) in [5, 5.41) is 4.34. The lowest BCUT2D eigenvalue weighted by atomic mass is 10.0. The summed E-state index contributed by atoms with van der Waals surface area (Å²) in [4.78, 5) is 19.1. The predicted molar refractivity (Wildman–Crippen MR) is 89.8 cm³/mol. The van der Waals surface area contributed by atoms with E-state index in [-0.39, 0.29) is 11.9 Å². The molecule has 24 heavy (non-hydrogen) atoms. The number of methoxy groups -OCH3 is 1. The van der Waals surface area contributed by atoms with Crippen LogP contribution in [0.1, 0.15) is 47.8 Å². The van der Waals surface area contributed by atoms with E-state index in [0.717, 1.165) is 37.4 Å². The van der Waals surface area contributed by atoms with Gasteiger partial charge >= 0.3 is 0 Å². The van der Waals surface area contributed by atoms with Gasteiger partial charge in [0.25, 0.3) is 5.91 Å². The molecule has 130 valence electrons. The van der Waals surface area contributed by atoms with Crippen molar-refractivity contribution in [2.45, 2.75) is 45.9 Å². The van der Waals surface area contributed by atoms with Gasteiger partial charge in [0.2, 0.25) is 0 Å². The van der Waals surface area contributed by atoms with Crippen molar-refractivity contribution in [3.05, 3.63) is 35.7 Å². The molecule has 0 aliphatic carbocycles. The second-order valence-electron chi connectivity index (χ2n) is 6.22. The molecule has 1 unspecified atom stereocenters. The number of ether oxygens (including phenoxy) is 1. The van der Waals surface area contributed by atoms with Gasteiger partial charge in [-0.3, -0.25) is 9.48 Å². The Morgan fingerprint density at radius 1 is 1.46 bits per heavy atom. The number of carbonyl (C=O) groups excluding carboxylic acids is 1. The number of rotatable bonds is 5. The Labute approximate surface area is 142 Å². The van der Waals surface area contributed by atoms with E-state index >= 15 is 0 Å². The van der Waals surface area contributed by atoms with Crippen molar-refractivity contribution in [2.24, 2.45) is 0 Å². The molecule has 0 saturated carbocycles. The van der Waals surface area contributed by atoms with Crippen LogP contribution in [0.5, 0.6) is 0 Å². The van der Waals surface area contributed by atoms with Gasteiger partial charge in [-0.2, -0.15) is 5.10 Å². The number of aryl methyl sites for hydroxylation is 2. The Morgan fingerprint density at radius 2 is 2.29 bits per heavy atom. The first kappa shape index (κ1) is 16.7. The van der Waals surface area contributed by atoms with Gasteiger partial charge < -0.3 is 14.2 Å². The zero-order valence-electron chi connectivity index (χ0n) is 14.6. The third kappa shape index (κ3) is 3.21. The van der Waals surface area contributed by atoms with Gasteiger partial charge in [-0.25, -0.2) is 4.98 Å². The van der Waals surface area contributed by atoms with Crippen LogP contribution in [0.15, 0.2) is 18.5 Å². The van der Waals surface area contributed by atoms with Gasteiger partial charge in [0.05, 0.1) is 6.04 Å². The molecule has 0 bridgehead atoms. The van der Waals surface area contributed by atoms with Crippen LogP contribution >= 0.6 is 0 Å². The summed E-state index contributed by atoms with van der Waals surface area (Å²) < 4.78 is 9.25. The molecule has 0 spiro atoms. The first-order chi connectivity index (χ1) is 11.6. The molecule has 0 radical (unpaired) electrons. The fourth-order valence-corrected chi connectivity index (χ4v) is 3.39. The van der Waals surface area contributed by atoms with E-state index in [9.17, 15) is 4.79 Å². The summed E-state index contributed by atoms with van der Waals surface area (Å²) in [5.41, 5.74) is 1.63. The van der Waals surface area contributed by atoms with Gasteiger partial charge in [-0.1, -0.05) is 0 Å². The molecule has 0 N–H and O–H groups in total. The van der Waals surface area contributed by atoms with Gasteiger partial charge in [0.1, 0.15) is 18.1 Å². The summed E-state index contributed by atoms with van der Waals surface area (Å²) in [6.45, 7) is 6.78. The minimum absolute atomic E-state index is 0.0120. The van der Waals surface area contributed by atoms with Crippen LogP contribution in [-0.4, -0.2) is 50.3 Å². The Morgan fingerprint density at radius 3 is 3.00 bits per heavy atom. The number of nitrogens with zero attached hydrogens (tertiary/aromatic N) is 5. The SMILES string of the molecule is CCn1ccc(C(=O)N2CCCC(n3c(C)cnc3COC)C2)n1. The first-order valence-electron chi connectivity index (χ1n) is 8.48. The zero-order chi connectivity index (χ0) is 17.1. The molecule has 1 aliphatic heterocycles. The zero-order valence-corrected chi connectivity index (χ0v) is 14.6. The number of amides is 1. The highest BCUT2D eigenvalue weighted by Crippen LogP contribution is 2.26. The summed E-state index contributed by atoms with van der Waals surface area (Å²) in [6, 6.07) is 2.04. The van der Waals surface area contributed by atoms with Crippen molar-refractivity contribution in [2.75, 3.05) is 20.2 Å². The fourth-order valence-electron chi connectivity index (χ4n) is 3.39. The molecular formula is C17H25N5O2. The van der Waals surface area contributed by atoms with E-state index in [0.29, 0.717) is 18.8 Å². The molecule has 1 fully saturated rings. The van der Waals surface area contributed by atoms with E-state index in [1.54, 1.807) is 17.9 Å². The van der Waals surface area contributed by atoms with Crippen molar-refractivity contribution in [1.29, 1.82) is 0 Å². The number of carbonyl (C=O) groups is 1. The molecule has 1 aliphatic rings. The van der Waals surface area contributed by atoms with Gasteiger partial charge in [-0.15, -0.1) is 0 Å². The standard InChI is InChI=1S/C17H25N5O2/c1-4-21-9-7-15(19-21)17(23)20-8-5-6-14(11-20)22-13(2)10-18-16(22)12-24-3/h7,9-10,14H,4-6,8,11-12H2,1-3H3. The molecule has 3 rings (SSSR count). The summed E-state index contributed by atoms with van der Waals surface area (Å²) in [5.74, 6) is 0.933. The van der Waals surface area contributed by atoms with E-state index in [1.807, 2.05) is 24.2 Å². The average Bonchev–Trinajstić information content (AvgIpc) is 3.21. The molecule has 7 nitrogen and oxygen atoms in total. The Balaban J connectivity index is 1.77. The highest BCUT2D eigenvalue weighted by atomic mass is 16.5. The smallest absolute Gasteiger partial charge is 0.274 e. The molecule has 3 heterocycles. The number of hydrogen-bond donors (Lipinski definition) is 0. The maximum absolute atomic E-state index is 12.7. The molecular weight excluding hydrogens is 306 g/mol. The third-order valence-corrected chi connectivity index (χ3v) is 4.56. The lowest BCUT2D eigenvalue weighted by Gasteiger charge is -2.34. The number of imidazole rings is 1. The van der Waals surface area contributed by atoms with Gasteiger partial charge in [-0.05, 0) is 32.8 Å². The van der Waals surface area contributed by atoms with Crippen molar-refractivity contribution in [3.8, 4) is 0 Å². The maximum Gasteiger partial charge on any atom is 0.274 e. The molecule has 1 amide bonds. The van der Waals surface area contributed by atoms with Crippen LogP contribution in [0, 0.1) is 6.92 Å². The van der Waals surface area contributed by atoms with E-state index < -0.39 is 0 Å². The number of likely N-dealkylation sites (tertiary alicyclic amines) is 1. The largest absolute Gasteiger partial charge is 0.377 e. The topological polar surface area (TPSA) is 65.2 Å². The molecule has 1 atom stereocenters. The minimum atomic E-state index is 0.0120. The van der Waals surface area contributed by atoms with E-state index in [2.05, 4.69) is 21.6 Å². The predicted octanol–water partition coefficient (Wildman–Crippen LogP) is 2.03. The highest BCUT2D eigenvalue weighted by molar-refractivity contribution is 5.92. The molecule has 7 heteroatoms. The number of hydrogen-bond acceptors (Lipinski definition) is 4. The van der Waals surface area contributed by atoms with Crippen LogP contribution in [-0.2, 0) is 17.9 Å². The lowest BCUT2D eigenvalue weighted by molar-refractivity contribution is 0.0665. The summed E-state index contributed by atoms with van der Waals surface area (Å²) >= 11 is 0. The highest BCUT2D eigenvalue weighted by Gasteiger charge is 2.28. The molecule has 1 saturated heterocycles. The van der Waals surface area contributed by atoms with Crippen molar-refractivity contribution >= 4 is 5.91 Å². The lowest BCUT2D eigenvalue weighted by Crippen LogP contribution is -2.41. The van der Waals surface area contributed by atoms with Crippen molar-refractivity contribution in [1.82, 2.24) is 24.2 Å². The van der Waals surface area contributed by atoms with E-state index in [1.165, 1.54) is 0 Å². The number of aromatic nitrogens is 4. The average molecular weight is 331 g/mol. The van der Waals surface area contributed by atoms with Gasteiger partial charge in [0, 0.05) is 44.8 Å². The Hall–Kier alpha value is -2.15. The fraction of sp³-hybridized carbons (Fsp3) is 0.588. The van der Waals surface area contributed by atoms with Crippen molar-refractivity contribution < 1.29 is 9.53 Å². The Kier molecular flexibility index (Phi) is 4.99. The van der Waals surface area contributed by atoms with Gasteiger partial charge in [0.15, 0.2) is 0 Å². The normalized spacial score (nSPS) is 18.1. The van der Waals surface area contributed by atoms with Crippen LogP contribution in [0.2, 0.25) is 0 Å². The third-order valence-electron chi connectivity index (χ3n) is 4.56. The van der Waals surface area contributed by atoms with Crippen LogP contribution < -0.4 is 0 Å². The van der Waals surface area contributed by atoms with Crippen LogP contribution in [0.3, 0.4) is 0 Å². The maximum atomic E-state index is 12.7. The Bertz CT molecular complexity index is 706. The molecule has 2 aromatic heterocycles. The summed E-state index contributed by atoms with van der Waals surface area (Å²) in [7, 11) is 1.68. The second kappa shape index (κ2) is 7.17. The molecule has 0 aromatic carbocycles. The van der Waals surface area contributed by atoms with E-state index in [4.69, 9.17) is 4.74 Å². The first-order valence-corrected chi connectivity index (χ1v) is 8.48. The minimum Gasteiger partial charge on any atom is -0.377 e. The monoisotopic (exact) mass is 331 g/mol. The van der Waals surface area contributed by atoms with Crippen LogP contribution in [0.25, 0.3) is 0 Å². The summed E-state index contributed by atoms with van der Waals surface area (Å²) in [6.07, 6.45) is 5.75. The van der Waals surface area contributed by atoms with Crippen LogP contribution in [0.4, 0.5) is 0 Å². The van der Waals surface area contributed by atoms with Crippen molar-refractivity contribution in [3.63, 3.8) is 0 Å². The quantitative estimate of drug-likeness (QED) is 0.841.